The Hall–Kier alpha value is -2.69. The maximum atomic E-state index is 13.1. The van der Waals surface area contributed by atoms with Crippen molar-refractivity contribution in [1.82, 2.24) is 4.90 Å². The first kappa shape index (κ1) is 18.7. The molecule has 2 aliphatic heterocycles. The zero-order chi connectivity index (χ0) is 19.7. The standard InChI is InChI=1S/C23H27NO4/c1-15-4-3-9-24(13-15)23(26)12-20(19-7-6-18(25)10-16(19)2)17-5-8-21-22(11-17)28-14-27-21/h5-8,10-11,15,20,25H,3-4,9,12-14H2,1-2H3. The lowest BCUT2D eigenvalue weighted by atomic mass is 9.85. The Kier molecular flexibility index (Phi) is 5.16. The highest BCUT2D eigenvalue weighted by atomic mass is 16.7. The number of phenolic OH excluding ortho intramolecular Hbond substituents is 1. The van der Waals surface area contributed by atoms with E-state index < -0.39 is 0 Å². The molecule has 2 aliphatic rings. The van der Waals surface area contributed by atoms with Gasteiger partial charge in [0.1, 0.15) is 5.75 Å². The van der Waals surface area contributed by atoms with Gasteiger partial charge in [0, 0.05) is 25.4 Å². The molecular formula is C23H27NO4. The predicted molar refractivity (Wildman–Crippen MR) is 107 cm³/mol. The average molecular weight is 381 g/mol. The Bertz CT molecular complexity index is 879. The van der Waals surface area contributed by atoms with Gasteiger partial charge in [-0.05, 0) is 66.6 Å². The Morgan fingerprint density at radius 3 is 2.82 bits per heavy atom. The fourth-order valence-electron chi connectivity index (χ4n) is 4.31. The van der Waals surface area contributed by atoms with E-state index in [-0.39, 0.29) is 24.4 Å². The van der Waals surface area contributed by atoms with Gasteiger partial charge in [0.05, 0.1) is 0 Å². The van der Waals surface area contributed by atoms with Gasteiger partial charge in [0.25, 0.3) is 0 Å². The van der Waals surface area contributed by atoms with E-state index in [1.807, 2.05) is 36.1 Å². The summed E-state index contributed by atoms with van der Waals surface area (Å²) in [4.78, 5) is 15.1. The highest BCUT2D eigenvalue weighted by molar-refractivity contribution is 5.78. The van der Waals surface area contributed by atoms with Crippen molar-refractivity contribution >= 4 is 5.91 Å². The Morgan fingerprint density at radius 2 is 2.04 bits per heavy atom. The zero-order valence-electron chi connectivity index (χ0n) is 16.5. The number of phenols is 1. The highest BCUT2D eigenvalue weighted by Gasteiger charge is 2.27. The number of aromatic hydroxyl groups is 1. The van der Waals surface area contributed by atoms with Gasteiger partial charge in [0.15, 0.2) is 11.5 Å². The molecule has 2 heterocycles. The van der Waals surface area contributed by atoms with Crippen molar-refractivity contribution in [2.75, 3.05) is 19.9 Å². The van der Waals surface area contributed by atoms with Crippen LogP contribution in [0.1, 0.15) is 48.8 Å². The Balaban J connectivity index is 1.66. The van der Waals surface area contributed by atoms with Crippen LogP contribution in [0.2, 0.25) is 0 Å². The first-order chi connectivity index (χ1) is 13.5. The lowest BCUT2D eigenvalue weighted by molar-refractivity contribution is -0.133. The number of rotatable bonds is 4. The number of ether oxygens (including phenoxy) is 2. The van der Waals surface area contributed by atoms with Crippen LogP contribution < -0.4 is 9.47 Å². The minimum atomic E-state index is -0.0974. The molecule has 5 heteroatoms. The molecule has 0 bridgehead atoms. The minimum Gasteiger partial charge on any atom is -0.508 e. The van der Waals surface area contributed by atoms with E-state index in [0.717, 1.165) is 47.7 Å². The van der Waals surface area contributed by atoms with Gasteiger partial charge < -0.3 is 19.5 Å². The third-order valence-corrected chi connectivity index (χ3v) is 5.82. The number of likely N-dealkylation sites (tertiary alicyclic amines) is 1. The number of amides is 1. The topological polar surface area (TPSA) is 59.0 Å². The van der Waals surface area contributed by atoms with Crippen molar-refractivity contribution in [3.05, 3.63) is 53.1 Å². The van der Waals surface area contributed by atoms with Crippen LogP contribution in [0.4, 0.5) is 0 Å². The molecule has 1 saturated heterocycles. The van der Waals surface area contributed by atoms with Crippen LogP contribution in [0.15, 0.2) is 36.4 Å². The molecule has 2 aromatic carbocycles. The zero-order valence-corrected chi connectivity index (χ0v) is 16.5. The summed E-state index contributed by atoms with van der Waals surface area (Å²) >= 11 is 0. The van der Waals surface area contributed by atoms with E-state index in [4.69, 9.17) is 9.47 Å². The van der Waals surface area contributed by atoms with E-state index in [9.17, 15) is 9.90 Å². The van der Waals surface area contributed by atoms with Gasteiger partial charge in [-0.15, -0.1) is 0 Å². The number of fused-ring (bicyclic) bond motifs is 1. The lowest BCUT2D eigenvalue weighted by Crippen LogP contribution is -2.39. The van der Waals surface area contributed by atoms with Gasteiger partial charge in [-0.25, -0.2) is 0 Å². The molecule has 2 unspecified atom stereocenters. The minimum absolute atomic E-state index is 0.0974. The van der Waals surface area contributed by atoms with Crippen molar-refractivity contribution < 1.29 is 19.4 Å². The molecule has 0 aliphatic carbocycles. The van der Waals surface area contributed by atoms with Crippen LogP contribution in [-0.4, -0.2) is 35.8 Å². The van der Waals surface area contributed by atoms with Crippen LogP contribution in [-0.2, 0) is 4.79 Å². The molecule has 0 radical (unpaired) electrons. The SMILES string of the molecule is Cc1cc(O)ccc1C(CC(=O)N1CCCC(C)C1)c1ccc2c(c1)OCO2. The van der Waals surface area contributed by atoms with Crippen molar-refractivity contribution in [1.29, 1.82) is 0 Å². The van der Waals surface area contributed by atoms with Gasteiger partial charge >= 0.3 is 0 Å². The molecular weight excluding hydrogens is 354 g/mol. The number of hydrogen-bond donors (Lipinski definition) is 1. The van der Waals surface area contributed by atoms with Gasteiger partial charge in [-0.2, -0.15) is 0 Å². The molecule has 28 heavy (non-hydrogen) atoms. The van der Waals surface area contributed by atoms with E-state index in [0.29, 0.717) is 12.3 Å². The van der Waals surface area contributed by atoms with E-state index >= 15 is 0 Å². The molecule has 1 N–H and O–H groups in total. The number of hydrogen-bond acceptors (Lipinski definition) is 4. The Morgan fingerprint density at radius 1 is 1.21 bits per heavy atom. The first-order valence-electron chi connectivity index (χ1n) is 9.98. The van der Waals surface area contributed by atoms with E-state index in [1.54, 1.807) is 12.1 Å². The Labute approximate surface area is 165 Å². The summed E-state index contributed by atoms with van der Waals surface area (Å²) < 4.78 is 11.0. The molecule has 0 spiro atoms. The molecule has 2 aromatic rings. The second-order valence-corrected chi connectivity index (χ2v) is 8.00. The largest absolute Gasteiger partial charge is 0.508 e. The average Bonchev–Trinajstić information content (AvgIpc) is 3.14. The quantitative estimate of drug-likeness (QED) is 0.862. The number of carbonyl (C=O) groups excluding carboxylic acids is 1. The summed E-state index contributed by atoms with van der Waals surface area (Å²) in [6.45, 7) is 6.08. The first-order valence-corrected chi connectivity index (χ1v) is 9.98. The summed E-state index contributed by atoms with van der Waals surface area (Å²) in [6, 6.07) is 11.3. The maximum Gasteiger partial charge on any atom is 0.231 e. The van der Waals surface area contributed by atoms with E-state index in [2.05, 4.69) is 6.92 Å². The van der Waals surface area contributed by atoms with Crippen LogP contribution in [0.25, 0.3) is 0 Å². The summed E-state index contributed by atoms with van der Waals surface area (Å²) in [5.41, 5.74) is 3.05. The highest BCUT2D eigenvalue weighted by Crippen LogP contribution is 2.39. The summed E-state index contributed by atoms with van der Waals surface area (Å²) in [7, 11) is 0. The molecule has 4 rings (SSSR count). The second-order valence-electron chi connectivity index (χ2n) is 8.00. The van der Waals surface area contributed by atoms with Crippen LogP contribution in [0.5, 0.6) is 17.2 Å². The number of aryl methyl sites for hydroxylation is 1. The molecule has 0 aromatic heterocycles. The molecule has 0 saturated carbocycles. The number of carbonyl (C=O) groups is 1. The summed E-state index contributed by atoms with van der Waals surface area (Å²) in [5, 5.41) is 9.82. The van der Waals surface area contributed by atoms with Gasteiger partial charge in [-0.1, -0.05) is 19.1 Å². The second kappa shape index (κ2) is 7.74. The third-order valence-electron chi connectivity index (χ3n) is 5.82. The number of nitrogens with zero attached hydrogens (tertiary/aromatic N) is 1. The monoisotopic (exact) mass is 381 g/mol. The van der Waals surface area contributed by atoms with Gasteiger partial charge in [0.2, 0.25) is 12.7 Å². The van der Waals surface area contributed by atoms with Crippen LogP contribution in [0.3, 0.4) is 0 Å². The number of benzene rings is 2. The molecule has 2 atom stereocenters. The molecule has 1 fully saturated rings. The molecule has 1 amide bonds. The maximum absolute atomic E-state index is 13.1. The lowest BCUT2D eigenvalue weighted by Gasteiger charge is -2.32. The number of piperidine rings is 1. The van der Waals surface area contributed by atoms with Crippen molar-refractivity contribution in [2.24, 2.45) is 5.92 Å². The van der Waals surface area contributed by atoms with Crippen LogP contribution in [0, 0.1) is 12.8 Å². The summed E-state index contributed by atoms with van der Waals surface area (Å²) in [5.74, 6) is 2.33. The van der Waals surface area contributed by atoms with Crippen molar-refractivity contribution in [3.63, 3.8) is 0 Å². The molecule has 148 valence electrons. The smallest absolute Gasteiger partial charge is 0.231 e. The van der Waals surface area contributed by atoms with Crippen molar-refractivity contribution in [3.8, 4) is 17.2 Å². The fraction of sp³-hybridized carbons (Fsp3) is 0.435. The fourth-order valence-corrected chi connectivity index (χ4v) is 4.31. The third kappa shape index (κ3) is 3.79. The summed E-state index contributed by atoms with van der Waals surface area (Å²) in [6.07, 6.45) is 2.66. The van der Waals surface area contributed by atoms with Crippen LogP contribution >= 0.6 is 0 Å². The normalized spacial score (nSPS) is 19.5. The molecule has 5 nitrogen and oxygen atoms in total. The van der Waals surface area contributed by atoms with Gasteiger partial charge in [-0.3, -0.25) is 4.79 Å². The predicted octanol–water partition coefficient (Wildman–Crippen LogP) is 4.21. The van der Waals surface area contributed by atoms with Crippen molar-refractivity contribution in [2.45, 2.75) is 39.0 Å². The van der Waals surface area contributed by atoms with E-state index in [1.165, 1.54) is 6.42 Å².